The fourth-order valence-electron chi connectivity index (χ4n) is 2.88. The number of rotatable bonds is 7. The Kier molecular flexibility index (Phi) is 6.42. The van der Waals surface area contributed by atoms with Gasteiger partial charge in [0.2, 0.25) is 15.9 Å². The quantitative estimate of drug-likeness (QED) is 0.805. The van der Waals surface area contributed by atoms with E-state index in [1.807, 2.05) is 50.2 Å². The molecule has 0 aliphatic carbocycles. The largest absolute Gasteiger partial charge is 0.324 e. The van der Waals surface area contributed by atoms with Gasteiger partial charge in [0.05, 0.1) is 11.9 Å². The Labute approximate surface area is 156 Å². The van der Waals surface area contributed by atoms with Crippen LogP contribution in [0.5, 0.6) is 0 Å². The van der Waals surface area contributed by atoms with E-state index < -0.39 is 16.1 Å². The van der Waals surface area contributed by atoms with Gasteiger partial charge < -0.3 is 5.32 Å². The van der Waals surface area contributed by atoms with Gasteiger partial charge in [0, 0.05) is 5.69 Å². The number of carbonyl (C=O) groups excluding carboxylic acids is 1. The van der Waals surface area contributed by atoms with Crippen molar-refractivity contribution in [2.75, 3.05) is 15.9 Å². The van der Waals surface area contributed by atoms with Crippen molar-refractivity contribution in [3.8, 4) is 0 Å². The highest BCUT2D eigenvalue weighted by Crippen LogP contribution is 2.23. The molecule has 0 bridgehead atoms. The van der Waals surface area contributed by atoms with E-state index in [1.54, 1.807) is 19.1 Å². The monoisotopic (exact) mass is 374 g/mol. The summed E-state index contributed by atoms with van der Waals surface area (Å²) in [7, 11) is -3.62. The summed E-state index contributed by atoms with van der Waals surface area (Å²) in [6.07, 6.45) is 2.76. The van der Waals surface area contributed by atoms with Crippen molar-refractivity contribution in [3.63, 3.8) is 0 Å². The number of sulfonamides is 1. The van der Waals surface area contributed by atoms with Gasteiger partial charge in [-0.3, -0.25) is 9.10 Å². The Morgan fingerprint density at radius 2 is 1.65 bits per heavy atom. The average Bonchev–Trinajstić information content (AvgIpc) is 2.61. The first-order valence-corrected chi connectivity index (χ1v) is 10.6. The van der Waals surface area contributed by atoms with Crippen LogP contribution in [0.15, 0.2) is 48.5 Å². The lowest BCUT2D eigenvalue weighted by Crippen LogP contribution is -2.45. The zero-order chi connectivity index (χ0) is 19.3. The minimum Gasteiger partial charge on any atom is -0.324 e. The van der Waals surface area contributed by atoms with E-state index in [0.29, 0.717) is 11.4 Å². The molecule has 1 amide bonds. The minimum absolute atomic E-state index is 0.365. The summed E-state index contributed by atoms with van der Waals surface area (Å²) in [5.74, 6) is -0.365. The Bertz CT molecular complexity index is 861. The number of amides is 1. The van der Waals surface area contributed by atoms with Crippen molar-refractivity contribution in [3.05, 3.63) is 59.7 Å². The molecule has 2 aromatic rings. The van der Waals surface area contributed by atoms with Crippen molar-refractivity contribution in [1.29, 1.82) is 0 Å². The van der Waals surface area contributed by atoms with Gasteiger partial charge >= 0.3 is 0 Å². The summed E-state index contributed by atoms with van der Waals surface area (Å²) in [5.41, 5.74) is 3.31. The third kappa shape index (κ3) is 4.64. The number of nitrogens with one attached hydrogen (secondary N) is 1. The molecule has 0 saturated heterocycles. The van der Waals surface area contributed by atoms with Gasteiger partial charge in [-0.05, 0) is 49.1 Å². The highest BCUT2D eigenvalue weighted by molar-refractivity contribution is 7.92. The van der Waals surface area contributed by atoms with E-state index in [2.05, 4.69) is 5.32 Å². The van der Waals surface area contributed by atoms with Gasteiger partial charge in [-0.2, -0.15) is 0 Å². The first-order valence-electron chi connectivity index (χ1n) is 8.75. The highest BCUT2D eigenvalue weighted by Gasteiger charge is 2.29. The predicted octanol–water partition coefficient (Wildman–Crippen LogP) is 3.60. The van der Waals surface area contributed by atoms with Gasteiger partial charge in [0.15, 0.2) is 0 Å². The van der Waals surface area contributed by atoms with Gasteiger partial charge in [0.1, 0.15) is 6.04 Å². The molecule has 0 unspecified atom stereocenters. The molecule has 0 heterocycles. The van der Waals surface area contributed by atoms with Gasteiger partial charge in [0.25, 0.3) is 0 Å². The second-order valence-electron chi connectivity index (χ2n) is 6.25. The molecule has 2 rings (SSSR count). The van der Waals surface area contributed by atoms with Crippen molar-refractivity contribution >= 4 is 27.3 Å². The lowest BCUT2D eigenvalue weighted by molar-refractivity contribution is -0.116. The van der Waals surface area contributed by atoms with Crippen LogP contribution in [0, 0.1) is 0 Å². The number of anilines is 2. The van der Waals surface area contributed by atoms with Crippen molar-refractivity contribution in [2.24, 2.45) is 0 Å². The molecule has 2 aromatic carbocycles. The summed E-state index contributed by atoms with van der Waals surface area (Å²) in [6, 6.07) is 13.9. The van der Waals surface area contributed by atoms with Crippen molar-refractivity contribution in [2.45, 2.75) is 39.7 Å². The topological polar surface area (TPSA) is 66.5 Å². The van der Waals surface area contributed by atoms with Crippen LogP contribution in [0.25, 0.3) is 0 Å². The third-order valence-electron chi connectivity index (χ3n) is 4.34. The average molecular weight is 375 g/mol. The molecule has 5 nitrogen and oxygen atoms in total. The SMILES string of the molecule is CCc1ccc(N([C@@H](C)C(=O)Nc2ccccc2CC)S(C)(=O)=O)cc1. The smallest absolute Gasteiger partial charge is 0.248 e. The second kappa shape index (κ2) is 8.36. The minimum atomic E-state index is -3.62. The second-order valence-corrected chi connectivity index (χ2v) is 8.11. The van der Waals surface area contributed by atoms with E-state index in [-0.39, 0.29) is 5.91 Å². The zero-order valence-corrected chi connectivity index (χ0v) is 16.5. The molecule has 0 aliphatic rings. The van der Waals surface area contributed by atoms with Crippen LogP contribution in [0.2, 0.25) is 0 Å². The van der Waals surface area contributed by atoms with Crippen molar-refractivity contribution in [1.82, 2.24) is 0 Å². The predicted molar refractivity (Wildman–Crippen MR) is 107 cm³/mol. The normalized spacial score (nSPS) is 12.5. The lowest BCUT2D eigenvalue weighted by atomic mass is 10.1. The summed E-state index contributed by atoms with van der Waals surface area (Å²) >= 11 is 0. The summed E-state index contributed by atoms with van der Waals surface area (Å²) in [4.78, 5) is 12.7. The molecular weight excluding hydrogens is 348 g/mol. The fraction of sp³-hybridized carbons (Fsp3) is 0.350. The van der Waals surface area contributed by atoms with Crippen LogP contribution in [-0.4, -0.2) is 26.6 Å². The summed E-state index contributed by atoms with van der Waals surface area (Å²) in [5, 5.41) is 2.86. The number of hydrogen-bond acceptors (Lipinski definition) is 3. The summed E-state index contributed by atoms with van der Waals surface area (Å²) < 4.78 is 25.9. The Hall–Kier alpha value is -2.34. The molecule has 6 heteroatoms. The van der Waals surface area contributed by atoms with Crippen LogP contribution in [-0.2, 0) is 27.7 Å². The van der Waals surface area contributed by atoms with Gasteiger partial charge in [-0.15, -0.1) is 0 Å². The maximum Gasteiger partial charge on any atom is 0.248 e. The third-order valence-corrected chi connectivity index (χ3v) is 5.59. The Morgan fingerprint density at radius 3 is 2.19 bits per heavy atom. The standard InChI is InChI=1S/C20H26N2O3S/c1-5-16-11-13-18(14-12-16)22(26(4,24)25)15(3)20(23)21-19-10-8-7-9-17(19)6-2/h7-15H,5-6H2,1-4H3,(H,21,23)/t15-/m0/s1. The zero-order valence-electron chi connectivity index (χ0n) is 15.7. The summed E-state index contributed by atoms with van der Waals surface area (Å²) in [6.45, 7) is 5.63. The Morgan fingerprint density at radius 1 is 1.04 bits per heavy atom. The maximum absolute atomic E-state index is 12.7. The van der Waals surface area contributed by atoms with Crippen LogP contribution in [0.3, 0.4) is 0 Å². The molecule has 0 spiro atoms. The maximum atomic E-state index is 12.7. The van der Waals surface area contributed by atoms with Crippen molar-refractivity contribution < 1.29 is 13.2 Å². The molecule has 26 heavy (non-hydrogen) atoms. The van der Waals surface area contributed by atoms with Gasteiger partial charge in [-0.25, -0.2) is 8.42 Å². The fourth-order valence-corrected chi connectivity index (χ4v) is 4.05. The lowest BCUT2D eigenvalue weighted by Gasteiger charge is -2.28. The van der Waals surface area contributed by atoms with E-state index in [0.717, 1.165) is 34.5 Å². The molecule has 1 N–H and O–H groups in total. The highest BCUT2D eigenvalue weighted by atomic mass is 32.2. The molecule has 0 radical (unpaired) electrons. The van der Waals surface area contributed by atoms with Crippen LogP contribution in [0.4, 0.5) is 11.4 Å². The molecule has 0 fully saturated rings. The number of para-hydroxylation sites is 1. The molecule has 0 aliphatic heterocycles. The number of benzene rings is 2. The van der Waals surface area contributed by atoms with E-state index >= 15 is 0 Å². The van der Waals surface area contributed by atoms with E-state index in [9.17, 15) is 13.2 Å². The first-order chi connectivity index (χ1) is 12.3. The molecule has 140 valence electrons. The number of carbonyl (C=O) groups is 1. The van der Waals surface area contributed by atoms with Crippen LogP contribution < -0.4 is 9.62 Å². The number of nitrogens with zero attached hydrogens (tertiary/aromatic N) is 1. The van der Waals surface area contributed by atoms with E-state index in [1.165, 1.54) is 0 Å². The van der Waals surface area contributed by atoms with Gasteiger partial charge in [-0.1, -0.05) is 44.2 Å². The Balaban J connectivity index is 2.31. The molecular formula is C20H26N2O3S. The van der Waals surface area contributed by atoms with Crippen LogP contribution in [0.1, 0.15) is 31.9 Å². The number of hydrogen-bond donors (Lipinski definition) is 1. The molecule has 0 aromatic heterocycles. The van der Waals surface area contributed by atoms with Crippen LogP contribution >= 0.6 is 0 Å². The molecule has 0 saturated carbocycles. The van der Waals surface area contributed by atoms with E-state index in [4.69, 9.17) is 0 Å². The molecule has 1 atom stereocenters. The number of aryl methyl sites for hydroxylation is 2. The first kappa shape index (κ1) is 20.0.